The summed E-state index contributed by atoms with van der Waals surface area (Å²) in [4.78, 5) is 33.8. The maximum atomic E-state index is 12.3. The molecule has 0 bridgehead atoms. The highest BCUT2D eigenvalue weighted by Crippen LogP contribution is 2.13. The highest BCUT2D eigenvalue weighted by Gasteiger charge is 2.25. The summed E-state index contributed by atoms with van der Waals surface area (Å²) in [6.07, 6.45) is 2.71. The van der Waals surface area contributed by atoms with Gasteiger partial charge >= 0.3 is 6.09 Å². The number of nitrogens with zero attached hydrogens (tertiary/aromatic N) is 3. The van der Waals surface area contributed by atoms with Crippen molar-refractivity contribution in [2.45, 2.75) is 39.7 Å². The molecule has 0 aromatic carbocycles. The molecule has 2 heterocycles. The normalized spacial score (nSPS) is 15.5. The summed E-state index contributed by atoms with van der Waals surface area (Å²) in [5.74, 6) is 0.490. The van der Waals surface area contributed by atoms with Gasteiger partial charge in [0.15, 0.2) is 0 Å². The van der Waals surface area contributed by atoms with Gasteiger partial charge in [0.1, 0.15) is 5.82 Å². The van der Waals surface area contributed by atoms with Crippen molar-refractivity contribution in [3.05, 3.63) is 23.3 Å². The first-order chi connectivity index (χ1) is 10.5. The monoisotopic (exact) mass is 306 g/mol. The summed E-state index contributed by atoms with van der Waals surface area (Å²) in [5, 5.41) is 2.99. The van der Waals surface area contributed by atoms with E-state index in [2.05, 4.69) is 15.3 Å². The molecule has 1 N–H and O–H groups in total. The molecule has 22 heavy (non-hydrogen) atoms. The van der Waals surface area contributed by atoms with Gasteiger partial charge in [-0.15, -0.1) is 0 Å². The molecule has 1 aromatic heterocycles. The number of hydrogen-bond donors (Lipinski definition) is 1. The van der Waals surface area contributed by atoms with Crippen molar-refractivity contribution >= 4 is 12.0 Å². The van der Waals surface area contributed by atoms with Gasteiger partial charge in [-0.3, -0.25) is 4.79 Å². The van der Waals surface area contributed by atoms with Crippen LogP contribution in [0.1, 0.15) is 41.6 Å². The molecule has 1 fully saturated rings. The molecule has 7 nitrogen and oxygen atoms in total. The summed E-state index contributed by atoms with van der Waals surface area (Å²) < 4.78 is 4.98. The number of piperidine rings is 1. The number of nitrogens with one attached hydrogen (secondary N) is 1. The van der Waals surface area contributed by atoms with Crippen molar-refractivity contribution in [2.24, 2.45) is 0 Å². The van der Waals surface area contributed by atoms with Crippen LogP contribution in [0.5, 0.6) is 0 Å². The van der Waals surface area contributed by atoms with Crippen molar-refractivity contribution in [3.63, 3.8) is 0 Å². The number of hydrogen-bond acceptors (Lipinski definition) is 5. The topological polar surface area (TPSA) is 84.4 Å². The van der Waals surface area contributed by atoms with Crippen molar-refractivity contribution < 1.29 is 14.3 Å². The molecular weight excluding hydrogens is 284 g/mol. The predicted octanol–water partition coefficient (Wildman–Crippen LogP) is 1.44. The Balaban J connectivity index is 1.88. The second-order valence-corrected chi connectivity index (χ2v) is 5.35. The van der Waals surface area contributed by atoms with E-state index >= 15 is 0 Å². The second-order valence-electron chi connectivity index (χ2n) is 5.35. The van der Waals surface area contributed by atoms with Crippen LogP contribution in [-0.4, -0.2) is 52.6 Å². The third-order valence-electron chi connectivity index (χ3n) is 3.70. The lowest BCUT2D eigenvalue weighted by atomic mass is 10.0. The van der Waals surface area contributed by atoms with E-state index in [1.165, 1.54) is 0 Å². The van der Waals surface area contributed by atoms with Gasteiger partial charge < -0.3 is 15.0 Å². The zero-order chi connectivity index (χ0) is 16.1. The number of amides is 2. The van der Waals surface area contributed by atoms with Crippen molar-refractivity contribution in [1.82, 2.24) is 20.2 Å². The third kappa shape index (κ3) is 3.93. The molecule has 120 valence electrons. The molecular formula is C15H22N4O3. The maximum Gasteiger partial charge on any atom is 0.409 e. The lowest BCUT2D eigenvalue weighted by molar-refractivity contribution is 0.0859. The molecule has 0 saturated carbocycles. The van der Waals surface area contributed by atoms with Gasteiger partial charge in [0.05, 0.1) is 17.9 Å². The average molecular weight is 306 g/mol. The summed E-state index contributed by atoms with van der Waals surface area (Å²) in [5.41, 5.74) is 1.17. The molecule has 2 amide bonds. The van der Waals surface area contributed by atoms with Crippen LogP contribution in [0.2, 0.25) is 0 Å². The van der Waals surface area contributed by atoms with Crippen LogP contribution in [0, 0.1) is 13.8 Å². The fraction of sp³-hybridized carbons (Fsp3) is 0.600. The number of carbonyl (C=O) groups excluding carboxylic acids is 2. The summed E-state index contributed by atoms with van der Waals surface area (Å²) in [6, 6.07) is 0.0545. The Kier molecular flexibility index (Phi) is 5.30. The predicted molar refractivity (Wildman–Crippen MR) is 80.6 cm³/mol. The van der Waals surface area contributed by atoms with E-state index in [1.807, 2.05) is 0 Å². The van der Waals surface area contributed by atoms with Crippen molar-refractivity contribution in [1.29, 1.82) is 0 Å². The molecule has 0 atom stereocenters. The Morgan fingerprint density at radius 3 is 2.64 bits per heavy atom. The van der Waals surface area contributed by atoms with E-state index in [9.17, 15) is 9.59 Å². The zero-order valence-electron chi connectivity index (χ0n) is 13.3. The van der Waals surface area contributed by atoms with Crippen LogP contribution in [-0.2, 0) is 4.74 Å². The first-order valence-electron chi connectivity index (χ1n) is 7.54. The molecule has 2 rings (SSSR count). The van der Waals surface area contributed by atoms with E-state index in [1.54, 1.807) is 31.9 Å². The first kappa shape index (κ1) is 16.2. The van der Waals surface area contributed by atoms with Crippen LogP contribution in [0.4, 0.5) is 4.79 Å². The molecule has 0 spiro atoms. The second kappa shape index (κ2) is 7.20. The van der Waals surface area contributed by atoms with Gasteiger partial charge in [0.25, 0.3) is 5.91 Å². The van der Waals surface area contributed by atoms with Crippen LogP contribution >= 0.6 is 0 Å². The van der Waals surface area contributed by atoms with Crippen LogP contribution in [0.25, 0.3) is 0 Å². The molecule has 1 saturated heterocycles. The Labute approximate surface area is 130 Å². The quantitative estimate of drug-likeness (QED) is 0.913. The molecule has 0 radical (unpaired) electrons. The van der Waals surface area contributed by atoms with Crippen LogP contribution in [0.3, 0.4) is 0 Å². The maximum absolute atomic E-state index is 12.3. The minimum Gasteiger partial charge on any atom is -0.450 e. The van der Waals surface area contributed by atoms with Gasteiger partial charge in [-0.25, -0.2) is 14.8 Å². The number of aryl methyl sites for hydroxylation is 2. The molecule has 1 aliphatic rings. The van der Waals surface area contributed by atoms with Gasteiger partial charge in [0, 0.05) is 25.3 Å². The van der Waals surface area contributed by atoms with Crippen LogP contribution in [0.15, 0.2) is 6.20 Å². The lowest BCUT2D eigenvalue weighted by Gasteiger charge is -2.31. The Hall–Kier alpha value is -2.18. The summed E-state index contributed by atoms with van der Waals surface area (Å²) in [6.45, 7) is 6.94. The fourth-order valence-corrected chi connectivity index (χ4v) is 2.49. The lowest BCUT2D eigenvalue weighted by Crippen LogP contribution is -2.46. The molecule has 7 heteroatoms. The van der Waals surface area contributed by atoms with Crippen molar-refractivity contribution in [3.8, 4) is 0 Å². The number of aromatic nitrogens is 2. The third-order valence-corrected chi connectivity index (χ3v) is 3.70. The highest BCUT2D eigenvalue weighted by molar-refractivity contribution is 5.95. The molecule has 0 unspecified atom stereocenters. The summed E-state index contributed by atoms with van der Waals surface area (Å²) in [7, 11) is 0. The molecule has 1 aliphatic heterocycles. The molecule has 1 aromatic rings. The Morgan fingerprint density at radius 2 is 2.05 bits per heavy atom. The standard InChI is InChI=1S/C15H22N4O3/c1-4-22-15(21)19-7-5-12(6-8-19)18-14(20)13-9-16-11(3)17-10(13)2/h9,12H,4-8H2,1-3H3,(H,18,20). The van der Waals surface area contributed by atoms with Gasteiger partial charge in [-0.2, -0.15) is 0 Å². The average Bonchev–Trinajstić information content (AvgIpc) is 2.48. The van der Waals surface area contributed by atoms with E-state index in [4.69, 9.17) is 4.74 Å². The van der Waals surface area contributed by atoms with Gasteiger partial charge in [-0.05, 0) is 33.6 Å². The Bertz CT molecular complexity index is 554. The zero-order valence-corrected chi connectivity index (χ0v) is 13.3. The first-order valence-corrected chi connectivity index (χ1v) is 7.54. The number of carbonyl (C=O) groups is 2. The highest BCUT2D eigenvalue weighted by atomic mass is 16.6. The minimum absolute atomic E-state index is 0.0545. The fourth-order valence-electron chi connectivity index (χ4n) is 2.49. The van der Waals surface area contributed by atoms with Gasteiger partial charge in [0.2, 0.25) is 0 Å². The van der Waals surface area contributed by atoms with E-state index < -0.39 is 0 Å². The van der Waals surface area contributed by atoms with E-state index in [0.29, 0.717) is 36.8 Å². The SMILES string of the molecule is CCOC(=O)N1CCC(NC(=O)c2cnc(C)nc2C)CC1. The Morgan fingerprint density at radius 1 is 1.36 bits per heavy atom. The van der Waals surface area contributed by atoms with E-state index in [0.717, 1.165) is 12.8 Å². The number of ether oxygens (including phenoxy) is 1. The van der Waals surface area contributed by atoms with Crippen LogP contribution < -0.4 is 5.32 Å². The van der Waals surface area contributed by atoms with Gasteiger partial charge in [-0.1, -0.05) is 0 Å². The minimum atomic E-state index is -0.282. The number of rotatable bonds is 3. The smallest absolute Gasteiger partial charge is 0.409 e. The van der Waals surface area contributed by atoms with E-state index in [-0.39, 0.29) is 18.0 Å². The number of likely N-dealkylation sites (tertiary alicyclic amines) is 1. The summed E-state index contributed by atoms with van der Waals surface area (Å²) >= 11 is 0. The largest absolute Gasteiger partial charge is 0.450 e. The molecule has 0 aliphatic carbocycles. The van der Waals surface area contributed by atoms with Crippen molar-refractivity contribution in [2.75, 3.05) is 19.7 Å².